The number of aryl methyl sites for hydroxylation is 1. The quantitative estimate of drug-likeness (QED) is 0.452. The first-order valence-electron chi connectivity index (χ1n) is 12.7. The minimum absolute atomic E-state index is 0.0112. The Balaban J connectivity index is 1.20. The van der Waals surface area contributed by atoms with Crippen molar-refractivity contribution in [3.63, 3.8) is 0 Å². The van der Waals surface area contributed by atoms with Gasteiger partial charge in [-0.2, -0.15) is 0 Å². The Labute approximate surface area is 217 Å². The van der Waals surface area contributed by atoms with Crippen molar-refractivity contribution in [2.75, 3.05) is 32.1 Å². The summed E-state index contributed by atoms with van der Waals surface area (Å²) in [4.78, 5) is 35.7. The van der Waals surface area contributed by atoms with Gasteiger partial charge in [-0.15, -0.1) is 0 Å². The lowest BCUT2D eigenvalue weighted by molar-refractivity contribution is -0.00151. The van der Waals surface area contributed by atoms with Gasteiger partial charge < -0.3 is 9.47 Å². The second-order valence-electron chi connectivity index (χ2n) is 9.85. The Kier molecular flexibility index (Phi) is 7.19. The maximum Gasteiger partial charge on any atom is 0.411 e. The smallest absolute Gasteiger partial charge is 0.411 e. The number of fused-ring (bicyclic) bond motifs is 3. The molecule has 37 heavy (non-hydrogen) atoms. The van der Waals surface area contributed by atoms with E-state index in [2.05, 4.69) is 21.3 Å². The van der Waals surface area contributed by atoms with Gasteiger partial charge in [-0.25, -0.2) is 14.8 Å². The molecule has 1 N–H and O–H groups in total. The zero-order valence-corrected chi connectivity index (χ0v) is 21.4. The Bertz CT molecular complexity index is 1280. The van der Waals surface area contributed by atoms with E-state index in [0.29, 0.717) is 29.7 Å². The molecule has 4 heterocycles. The molecule has 6 rings (SSSR count). The average molecular weight is 501 g/mol. The standard InChI is InChI=1S/C29H32N4O4/c1-18(34)20-4-8-23(9-5-20)32-29(35)37-17-24-14-22-12-13-33(24)16-26(22)28-15-27(30-19(2)31-28)21-6-10-25(36-3)11-7-21/h4-11,15,22,24,26H,12-14,16-17H2,1-3H3,(H,32,35)/t22-,24+,26-/m0/s1. The Morgan fingerprint density at radius 3 is 2.49 bits per heavy atom. The highest BCUT2D eigenvalue weighted by Crippen LogP contribution is 2.42. The zero-order chi connectivity index (χ0) is 25.9. The number of amides is 1. The van der Waals surface area contributed by atoms with Crippen LogP contribution in [0.3, 0.4) is 0 Å². The molecular formula is C29H32N4O4. The molecule has 1 amide bonds. The van der Waals surface area contributed by atoms with Crippen LogP contribution in [0.15, 0.2) is 54.6 Å². The number of hydrogen-bond donors (Lipinski definition) is 1. The number of methoxy groups -OCH3 is 1. The fourth-order valence-electron chi connectivity index (χ4n) is 5.45. The van der Waals surface area contributed by atoms with Crippen LogP contribution in [0.4, 0.5) is 10.5 Å². The predicted octanol–water partition coefficient (Wildman–Crippen LogP) is 5.09. The molecule has 3 aliphatic heterocycles. The second-order valence-corrected chi connectivity index (χ2v) is 9.85. The Morgan fingerprint density at radius 2 is 1.84 bits per heavy atom. The first kappa shape index (κ1) is 24.9. The highest BCUT2D eigenvalue weighted by Gasteiger charge is 2.42. The zero-order valence-electron chi connectivity index (χ0n) is 21.4. The van der Waals surface area contributed by atoms with Gasteiger partial charge in [0.05, 0.1) is 12.8 Å². The van der Waals surface area contributed by atoms with E-state index in [1.807, 2.05) is 31.2 Å². The molecule has 0 aliphatic carbocycles. The van der Waals surface area contributed by atoms with Gasteiger partial charge in [-0.05, 0) is 93.7 Å². The maximum absolute atomic E-state index is 12.4. The number of benzene rings is 2. The number of carbonyl (C=O) groups excluding carboxylic acids is 2. The van der Waals surface area contributed by atoms with E-state index in [-0.39, 0.29) is 11.8 Å². The summed E-state index contributed by atoms with van der Waals surface area (Å²) in [5, 5.41) is 2.75. The molecule has 3 aliphatic rings. The third kappa shape index (κ3) is 5.64. The van der Waals surface area contributed by atoms with Crippen LogP contribution in [0, 0.1) is 12.8 Å². The van der Waals surface area contributed by atoms with E-state index in [4.69, 9.17) is 14.5 Å². The summed E-state index contributed by atoms with van der Waals surface area (Å²) in [6.07, 6.45) is 1.59. The Hall–Kier alpha value is -3.78. The molecule has 1 unspecified atom stereocenters. The number of piperidine rings is 3. The molecule has 1 aromatic heterocycles. The highest BCUT2D eigenvalue weighted by atomic mass is 16.5. The molecule has 0 saturated carbocycles. The molecular weight excluding hydrogens is 468 g/mol. The molecule has 2 bridgehead atoms. The van der Waals surface area contributed by atoms with Crippen LogP contribution in [-0.2, 0) is 4.74 Å². The van der Waals surface area contributed by atoms with E-state index in [9.17, 15) is 9.59 Å². The lowest BCUT2D eigenvalue weighted by Gasteiger charge is -2.49. The molecule has 8 nitrogen and oxygen atoms in total. The van der Waals surface area contributed by atoms with Crippen LogP contribution in [0.25, 0.3) is 11.3 Å². The molecule has 4 atom stereocenters. The number of aromatic nitrogens is 2. The van der Waals surface area contributed by atoms with Gasteiger partial charge in [-0.1, -0.05) is 0 Å². The van der Waals surface area contributed by atoms with Gasteiger partial charge in [0.1, 0.15) is 18.2 Å². The number of nitrogens with one attached hydrogen (secondary N) is 1. The number of anilines is 1. The molecule has 3 fully saturated rings. The van der Waals surface area contributed by atoms with Gasteiger partial charge >= 0.3 is 6.09 Å². The number of ketones is 1. The first-order chi connectivity index (χ1) is 17.9. The van der Waals surface area contributed by atoms with Crippen LogP contribution >= 0.6 is 0 Å². The highest BCUT2D eigenvalue weighted by molar-refractivity contribution is 5.94. The summed E-state index contributed by atoms with van der Waals surface area (Å²) >= 11 is 0. The van der Waals surface area contributed by atoms with Crippen LogP contribution in [0.1, 0.15) is 47.6 Å². The van der Waals surface area contributed by atoms with Gasteiger partial charge in [0, 0.05) is 41.0 Å². The molecule has 192 valence electrons. The Morgan fingerprint density at radius 1 is 1.08 bits per heavy atom. The van der Waals surface area contributed by atoms with Crippen molar-refractivity contribution in [3.05, 3.63) is 71.7 Å². The maximum atomic E-state index is 12.4. The van der Waals surface area contributed by atoms with E-state index in [1.54, 1.807) is 31.4 Å². The third-order valence-corrected chi connectivity index (χ3v) is 7.45. The summed E-state index contributed by atoms with van der Waals surface area (Å²) in [6, 6.07) is 17.1. The van der Waals surface area contributed by atoms with Gasteiger partial charge in [0.2, 0.25) is 0 Å². The van der Waals surface area contributed by atoms with E-state index >= 15 is 0 Å². The minimum Gasteiger partial charge on any atom is -0.497 e. The second kappa shape index (κ2) is 10.7. The topological polar surface area (TPSA) is 93.7 Å². The fourth-order valence-corrected chi connectivity index (χ4v) is 5.45. The molecule has 0 spiro atoms. The van der Waals surface area contributed by atoms with Gasteiger partial charge in [-0.3, -0.25) is 15.0 Å². The summed E-state index contributed by atoms with van der Waals surface area (Å²) in [5.41, 5.74) is 4.26. The van der Waals surface area contributed by atoms with E-state index < -0.39 is 6.09 Å². The number of ether oxygens (including phenoxy) is 2. The van der Waals surface area contributed by atoms with Crippen molar-refractivity contribution in [3.8, 4) is 17.0 Å². The van der Waals surface area contributed by atoms with Crippen molar-refractivity contribution in [1.29, 1.82) is 0 Å². The first-order valence-corrected chi connectivity index (χ1v) is 12.7. The summed E-state index contributed by atoms with van der Waals surface area (Å²) < 4.78 is 10.9. The average Bonchev–Trinajstić information content (AvgIpc) is 2.92. The van der Waals surface area contributed by atoms with E-state index in [1.165, 1.54) is 6.92 Å². The number of carbonyl (C=O) groups is 2. The molecule has 8 heteroatoms. The third-order valence-electron chi connectivity index (χ3n) is 7.45. The SMILES string of the molecule is COc1ccc(-c2cc([C@H]3CN4CC[C@H]3C[C@@H]4COC(=O)Nc3ccc(C(C)=O)cc3)nc(C)n2)cc1. The van der Waals surface area contributed by atoms with Crippen LogP contribution in [0.5, 0.6) is 5.75 Å². The van der Waals surface area contributed by atoms with Crippen LogP contribution < -0.4 is 10.1 Å². The minimum atomic E-state index is -0.481. The number of hydrogen-bond acceptors (Lipinski definition) is 7. The predicted molar refractivity (Wildman–Crippen MR) is 141 cm³/mol. The lowest BCUT2D eigenvalue weighted by Crippen LogP contribution is -2.54. The van der Waals surface area contributed by atoms with Crippen molar-refractivity contribution >= 4 is 17.6 Å². The summed E-state index contributed by atoms with van der Waals surface area (Å²) in [5.74, 6) is 2.40. The van der Waals surface area contributed by atoms with Gasteiger partial charge in [0.25, 0.3) is 0 Å². The van der Waals surface area contributed by atoms with Gasteiger partial charge in [0.15, 0.2) is 5.78 Å². The fraction of sp³-hybridized carbons (Fsp3) is 0.379. The van der Waals surface area contributed by atoms with Crippen molar-refractivity contribution in [1.82, 2.24) is 14.9 Å². The van der Waals surface area contributed by atoms with Crippen molar-refractivity contribution in [2.45, 2.75) is 38.6 Å². The number of Topliss-reactive ketones (excluding diaryl/α,β-unsaturated/α-hetero) is 1. The molecule has 2 aromatic carbocycles. The largest absolute Gasteiger partial charge is 0.497 e. The monoisotopic (exact) mass is 500 g/mol. The van der Waals surface area contributed by atoms with E-state index in [0.717, 1.165) is 54.5 Å². The van der Waals surface area contributed by atoms with Crippen molar-refractivity contribution < 1.29 is 19.1 Å². The molecule has 3 saturated heterocycles. The number of nitrogens with zero attached hydrogens (tertiary/aromatic N) is 3. The summed E-state index contributed by atoms with van der Waals surface area (Å²) in [6.45, 7) is 5.70. The normalized spacial score (nSPS) is 22.4. The van der Waals surface area contributed by atoms with Crippen molar-refractivity contribution in [2.24, 2.45) is 5.92 Å². The molecule has 3 aromatic rings. The lowest BCUT2D eigenvalue weighted by atomic mass is 9.74. The van der Waals surface area contributed by atoms with Crippen LogP contribution in [-0.4, -0.2) is 59.6 Å². The molecule has 0 radical (unpaired) electrons. The number of rotatable bonds is 7. The summed E-state index contributed by atoms with van der Waals surface area (Å²) in [7, 11) is 1.66. The van der Waals surface area contributed by atoms with Crippen LogP contribution in [0.2, 0.25) is 0 Å².